The fourth-order valence-electron chi connectivity index (χ4n) is 5.76. The van der Waals surface area contributed by atoms with Crippen molar-refractivity contribution in [3.05, 3.63) is 121 Å². The molecule has 2 aliphatic heterocycles. The minimum absolute atomic E-state index is 0.0559. The van der Waals surface area contributed by atoms with Crippen LogP contribution in [0.4, 0.5) is 0 Å². The molecule has 4 aromatic carbocycles. The van der Waals surface area contributed by atoms with Crippen LogP contribution in [0.15, 0.2) is 71.8 Å². The number of halogens is 3. The van der Waals surface area contributed by atoms with Crippen LogP contribution < -0.4 is 18.9 Å². The van der Waals surface area contributed by atoms with Crippen molar-refractivity contribution in [2.45, 2.75) is 86.4 Å². The van der Waals surface area contributed by atoms with E-state index < -0.39 is 0 Å². The summed E-state index contributed by atoms with van der Waals surface area (Å²) in [5.74, 6) is 3.45. The third-order valence-electron chi connectivity index (χ3n) is 8.01. The number of aromatic hydroxyl groups is 1. The molecule has 0 spiro atoms. The Bertz CT molecular complexity index is 1910. The van der Waals surface area contributed by atoms with Crippen LogP contribution >= 0.6 is 34.8 Å². The van der Waals surface area contributed by atoms with Crippen molar-refractivity contribution in [2.24, 2.45) is 0 Å². The van der Waals surface area contributed by atoms with Crippen LogP contribution in [0.2, 0.25) is 10.0 Å². The summed E-state index contributed by atoms with van der Waals surface area (Å²) >= 11 is 20.2. The van der Waals surface area contributed by atoms with Crippen LogP contribution in [0.3, 0.4) is 0 Å². The Kier molecular flexibility index (Phi) is 11.8. The second-order valence-corrected chi connectivity index (χ2v) is 14.4. The summed E-state index contributed by atoms with van der Waals surface area (Å²) < 4.78 is 25.5. The quantitative estimate of drug-likeness (QED) is 0.213. The lowest BCUT2D eigenvalue weighted by Gasteiger charge is -2.20. The molecule has 6 rings (SSSR count). The molecule has 0 aromatic heterocycles. The number of allylic oxidation sites excluding steroid dienone is 4. The Morgan fingerprint density at radius 3 is 1.90 bits per heavy atom. The lowest BCUT2D eigenvalue weighted by Crippen LogP contribution is -2.08. The molecule has 0 atom stereocenters. The normalized spacial score (nSPS) is 15.3. The fourth-order valence-corrected chi connectivity index (χ4v) is 6.44. The molecule has 5 nitrogen and oxygen atoms in total. The van der Waals surface area contributed by atoms with Crippen molar-refractivity contribution in [3.8, 4) is 40.2 Å². The average Bonchev–Trinajstić information content (AvgIpc) is 2.99. The molecule has 0 radical (unpaired) electrons. The van der Waals surface area contributed by atoms with Crippen molar-refractivity contribution in [1.29, 1.82) is 0 Å². The van der Waals surface area contributed by atoms with Gasteiger partial charge in [0.05, 0.1) is 22.3 Å². The zero-order valence-electron chi connectivity index (χ0n) is 29.0. The van der Waals surface area contributed by atoms with Gasteiger partial charge in [0.1, 0.15) is 17.2 Å². The Balaban J connectivity index is 1.64. The highest BCUT2D eigenvalue weighted by atomic mass is 35.5. The predicted octanol–water partition coefficient (Wildman–Crippen LogP) is 12.3. The van der Waals surface area contributed by atoms with Gasteiger partial charge in [0.15, 0.2) is 23.0 Å². The summed E-state index contributed by atoms with van der Waals surface area (Å²) in [4.78, 5) is 0. The second kappa shape index (κ2) is 15.8. The second-order valence-electron chi connectivity index (χ2n) is 13.1. The van der Waals surface area contributed by atoms with Gasteiger partial charge in [-0.05, 0) is 126 Å². The van der Waals surface area contributed by atoms with Crippen LogP contribution in [0, 0.1) is 20.8 Å². The van der Waals surface area contributed by atoms with Crippen molar-refractivity contribution < 1.29 is 24.1 Å². The molecule has 6 bridgehead atoms. The number of hydrogen-bond donors (Lipinski definition) is 1. The van der Waals surface area contributed by atoms with Gasteiger partial charge in [-0.1, -0.05) is 65.2 Å². The molecule has 258 valence electrons. The minimum Gasteiger partial charge on any atom is -0.508 e. The summed E-state index contributed by atoms with van der Waals surface area (Å²) in [6, 6.07) is 15.3. The third kappa shape index (κ3) is 9.27. The molecule has 0 saturated carbocycles. The standard InChI is InChI=1S/C41H43Cl3O5/c1-23(2)46-38-15-25(5)14-31-11-9-8-10-29-20-36(33(43)17-26(29)6)48-40-27(7)16-28(19-39(40)47-24(3)4)18-32(42)13-12-30-21-37(49-41(31)38)34(44)22-35(30)45/h8-9,13-17,19-24,45H,10-12,18H2,1-7H3/b9-8-,32-13+. The van der Waals surface area contributed by atoms with E-state index in [1.807, 2.05) is 84.9 Å². The van der Waals surface area contributed by atoms with Crippen molar-refractivity contribution >= 4 is 34.8 Å². The van der Waals surface area contributed by atoms with Crippen molar-refractivity contribution in [3.63, 3.8) is 0 Å². The molecule has 1 N–H and O–H groups in total. The first-order chi connectivity index (χ1) is 23.3. The lowest BCUT2D eigenvalue weighted by molar-refractivity contribution is 0.232. The van der Waals surface area contributed by atoms with Gasteiger partial charge in [0, 0.05) is 28.6 Å². The largest absolute Gasteiger partial charge is 0.508 e. The van der Waals surface area contributed by atoms with Gasteiger partial charge in [0.2, 0.25) is 0 Å². The maximum Gasteiger partial charge on any atom is 0.172 e. The highest BCUT2D eigenvalue weighted by Gasteiger charge is 2.20. The van der Waals surface area contributed by atoms with Crippen molar-refractivity contribution in [1.82, 2.24) is 0 Å². The van der Waals surface area contributed by atoms with E-state index in [4.69, 9.17) is 53.8 Å². The van der Waals surface area contributed by atoms with Gasteiger partial charge in [-0.25, -0.2) is 0 Å². The Morgan fingerprint density at radius 2 is 1.22 bits per heavy atom. The van der Waals surface area contributed by atoms with Gasteiger partial charge < -0.3 is 24.1 Å². The van der Waals surface area contributed by atoms with E-state index in [0.29, 0.717) is 75.8 Å². The Labute approximate surface area is 305 Å². The Hall–Kier alpha value is -3.77. The molecule has 8 heteroatoms. The zero-order valence-corrected chi connectivity index (χ0v) is 31.3. The van der Waals surface area contributed by atoms with E-state index >= 15 is 0 Å². The summed E-state index contributed by atoms with van der Waals surface area (Å²) in [7, 11) is 0. The lowest BCUT2D eigenvalue weighted by atomic mass is 10.0. The molecule has 0 saturated heterocycles. The molecular weight excluding hydrogens is 679 g/mol. The van der Waals surface area contributed by atoms with Crippen LogP contribution in [0.1, 0.15) is 66.6 Å². The van der Waals surface area contributed by atoms with E-state index in [1.165, 1.54) is 6.07 Å². The SMILES string of the molecule is Cc1cc2c(c(OC(C)C)c1)Oc1cc(c(O)cc1Cl)C/C=C(/Cl)Cc1cc(C)c(c(OC(C)C)c1)Oc1cc(c(C)cc1Cl)C/C=C\C2. The highest BCUT2D eigenvalue weighted by molar-refractivity contribution is 6.32. The summed E-state index contributed by atoms with van der Waals surface area (Å²) in [5.41, 5.74) is 6.61. The summed E-state index contributed by atoms with van der Waals surface area (Å²) in [5, 5.41) is 12.3. The number of benzene rings is 4. The molecule has 0 aliphatic carbocycles. The first-order valence-corrected chi connectivity index (χ1v) is 17.7. The summed E-state index contributed by atoms with van der Waals surface area (Å²) in [6.45, 7) is 14.0. The van der Waals surface area contributed by atoms with E-state index in [-0.39, 0.29) is 23.0 Å². The highest BCUT2D eigenvalue weighted by Crippen LogP contribution is 2.43. The number of fused-ring (bicyclic) bond motifs is 6. The number of phenolic OH excluding ortho intramolecular Hbond substituents is 1. The van der Waals surface area contributed by atoms with Crippen LogP contribution in [0.25, 0.3) is 0 Å². The average molecular weight is 722 g/mol. The first kappa shape index (κ1) is 36.5. The third-order valence-corrected chi connectivity index (χ3v) is 8.89. The van der Waals surface area contributed by atoms with Gasteiger partial charge >= 0.3 is 0 Å². The number of aryl methyl sites for hydroxylation is 3. The van der Waals surface area contributed by atoms with Crippen LogP contribution in [-0.2, 0) is 25.7 Å². The predicted molar refractivity (Wildman–Crippen MR) is 201 cm³/mol. The molecular formula is C41H43Cl3O5. The summed E-state index contributed by atoms with van der Waals surface area (Å²) in [6.07, 6.45) is 8.06. The molecule has 0 amide bonds. The topological polar surface area (TPSA) is 57.2 Å². The monoisotopic (exact) mass is 720 g/mol. The molecule has 2 aliphatic rings. The van der Waals surface area contributed by atoms with Gasteiger partial charge in [-0.2, -0.15) is 0 Å². The van der Waals surface area contributed by atoms with Gasteiger partial charge in [0.25, 0.3) is 0 Å². The zero-order chi connectivity index (χ0) is 35.4. The smallest absolute Gasteiger partial charge is 0.172 e. The molecule has 4 aromatic rings. The van der Waals surface area contributed by atoms with E-state index in [0.717, 1.165) is 33.4 Å². The van der Waals surface area contributed by atoms with Gasteiger partial charge in [-0.15, -0.1) is 0 Å². The molecule has 0 unspecified atom stereocenters. The first-order valence-electron chi connectivity index (χ1n) is 16.5. The molecule has 2 heterocycles. The van der Waals surface area contributed by atoms with Gasteiger partial charge in [-0.3, -0.25) is 0 Å². The Morgan fingerprint density at radius 1 is 0.633 bits per heavy atom. The number of rotatable bonds is 4. The maximum absolute atomic E-state index is 10.8. The fraction of sp³-hybridized carbons (Fsp3) is 0.317. The van der Waals surface area contributed by atoms with Crippen molar-refractivity contribution in [2.75, 3.05) is 0 Å². The molecule has 0 fully saturated rings. The molecule has 49 heavy (non-hydrogen) atoms. The van der Waals surface area contributed by atoms with Crippen LogP contribution in [-0.4, -0.2) is 17.3 Å². The number of phenols is 1. The maximum atomic E-state index is 10.8. The van der Waals surface area contributed by atoms with E-state index in [1.54, 1.807) is 6.07 Å². The minimum atomic E-state index is -0.0815. The number of hydrogen-bond acceptors (Lipinski definition) is 5. The van der Waals surface area contributed by atoms with E-state index in [9.17, 15) is 5.11 Å². The van der Waals surface area contributed by atoms with E-state index in [2.05, 4.69) is 18.2 Å². The number of ether oxygens (including phenoxy) is 4. The van der Waals surface area contributed by atoms with Crippen LogP contribution in [0.5, 0.6) is 40.2 Å².